The van der Waals surface area contributed by atoms with Gasteiger partial charge in [-0.3, -0.25) is 10.2 Å². The molecule has 1 aromatic rings. The molecule has 2 fully saturated rings. The lowest BCUT2D eigenvalue weighted by atomic mass is 9.89. The number of carboxylic acids is 1. The first-order valence-corrected chi connectivity index (χ1v) is 10.5. The van der Waals surface area contributed by atoms with Crippen molar-refractivity contribution in [3.8, 4) is 5.75 Å². The molecule has 2 aliphatic rings. The third-order valence-corrected chi connectivity index (χ3v) is 6.09. The van der Waals surface area contributed by atoms with Crippen LogP contribution in [0.4, 0.5) is 4.79 Å². The van der Waals surface area contributed by atoms with E-state index in [0.29, 0.717) is 18.2 Å². The highest BCUT2D eigenvalue weighted by atomic mass is 16.6. The first-order chi connectivity index (χ1) is 14.7. The normalized spacial score (nSPS) is 21.5. The number of likely N-dealkylation sites (tertiary alicyclic amines) is 1. The highest BCUT2D eigenvalue weighted by molar-refractivity contribution is 5.74. The largest absolute Gasteiger partial charge is 0.490 e. The van der Waals surface area contributed by atoms with Gasteiger partial charge in [0, 0.05) is 19.1 Å². The lowest BCUT2D eigenvalue weighted by Gasteiger charge is -2.37. The molecule has 0 bridgehead atoms. The molecule has 2 heterocycles. The molecule has 0 radical (unpaired) electrons. The number of carboxylic acid groups (broad SMARTS) is 1. The minimum atomic E-state index is -1.04. The van der Waals surface area contributed by atoms with Crippen LogP contribution in [-0.4, -0.2) is 77.4 Å². The van der Waals surface area contributed by atoms with Crippen LogP contribution in [0.2, 0.25) is 0 Å². The molecule has 3 atom stereocenters. The molecule has 0 spiro atoms. The summed E-state index contributed by atoms with van der Waals surface area (Å²) >= 11 is 0. The van der Waals surface area contributed by atoms with Crippen LogP contribution in [0.1, 0.15) is 25.3 Å². The Morgan fingerprint density at radius 1 is 1.32 bits per heavy atom. The quantitative estimate of drug-likeness (QED) is 0.347. The van der Waals surface area contributed by atoms with Crippen LogP contribution in [-0.2, 0) is 16.0 Å². The number of piperidine rings is 1. The lowest BCUT2D eigenvalue weighted by molar-refractivity contribution is -0.138. The molecular weight excluding hydrogens is 402 g/mol. The van der Waals surface area contributed by atoms with Crippen molar-refractivity contribution in [2.75, 3.05) is 26.2 Å². The van der Waals surface area contributed by atoms with Gasteiger partial charge in [-0.25, -0.2) is 4.79 Å². The van der Waals surface area contributed by atoms with Crippen molar-refractivity contribution in [3.05, 3.63) is 29.8 Å². The van der Waals surface area contributed by atoms with E-state index in [1.807, 2.05) is 11.8 Å². The lowest BCUT2D eigenvalue weighted by Crippen LogP contribution is -2.47. The van der Waals surface area contributed by atoms with Crippen LogP contribution in [0.25, 0.3) is 0 Å². The van der Waals surface area contributed by atoms with Crippen LogP contribution in [0, 0.1) is 11.3 Å². The van der Waals surface area contributed by atoms with E-state index < -0.39 is 12.0 Å². The molecule has 2 saturated heterocycles. The number of hydrogen-bond donors (Lipinski definition) is 4. The van der Waals surface area contributed by atoms with E-state index in [2.05, 4.69) is 0 Å². The maximum absolute atomic E-state index is 12.4. The number of amides is 1. The molecule has 3 rings (SSSR count). The van der Waals surface area contributed by atoms with Crippen molar-refractivity contribution < 1.29 is 24.2 Å². The topological polar surface area (TPSA) is 155 Å². The van der Waals surface area contributed by atoms with E-state index in [4.69, 9.17) is 31.5 Å². The van der Waals surface area contributed by atoms with Gasteiger partial charge in [0.15, 0.2) is 12.1 Å². The molecular formula is C21H31N5O5. The smallest absolute Gasteiger partial charge is 0.410 e. The van der Waals surface area contributed by atoms with E-state index in [0.717, 1.165) is 31.5 Å². The molecule has 6 N–H and O–H groups in total. The molecule has 10 nitrogen and oxygen atoms in total. The van der Waals surface area contributed by atoms with Crippen molar-refractivity contribution in [2.24, 2.45) is 17.4 Å². The van der Waals surface area contributed by atoms with Gasteiger partial charge in [0.1, 0.15) is 18.4 Å². The Morgan fingerprint density at radius 3 is 2.55 bits per heavy atom. The molecule has 10 heteroatoms. The maximum atomic E-state index is 12.4. The number of guanidine groups is 1. The summed E-state index contributed by atoms with van der Waals surface area (Å²) in [6.45, 7) is 4.21. The number of cyclic esters (lactones) is 1. The number of carbonyl (C=O) groups is 2. The Kier molecular flexibility index (Phi) is 7.21. The molecule has 1 aromatic carbocycles. The van der Waals surface area contributed by atoms with E-state index in [1.165, 1.54) is 0 Å². The zero-order valence-electron chi connectivity index (χ0n) is 17.7. The first-order valence-electron chi connectivity index (χ1n) is 10.5. The average molecular weight is 434 g/mol. The summed E-state index contributed by atoms with van der Waals surface area (Å²) in [4.78, 5) is 26.8. The summed E-state index contributed by atoms with van der Waals surface area (Å²) in [6, 6.07) is 6.17. The predicted molar refractivity (Wildman–Crippen MR) is 114 cm³/mol. The number of nitrogens with one attached hydrogen (secondary N) is 1. The fourth-order valence-corrected chi connectivity index (χ4v) is 4.09. The SMILES string of the molecule is CC(C1CCN(C(=N)N)CC1)N1CC(COc2ccc(CC(N)C(=O)O)cc2)OC1=O. The number of aliphatic carboxylic acids is 1. The standard InChI is InChI=1S/C21H31N5O5/c1-13(15-6-8-25(9-7-15)20(23)24)26-11-17(31-21(26)29)12-30-16-4-2-14(3-5-16)10-18(22)19(27)28/h2-5,13,15,17-18H,6-12,22H2,1H3,(H3,23,24)(H,27,28). The number of benzene rings is 1. The maximum Gasteiger partial charge on any atom is 0.410 e. The van der Waals surface area contributed by atoms with Gasteiger partial charge in [-0.1, -0.05) is 12.1 Å². The molecule has 0 aromatic heterocycles. The first kappa shape index (κ1) is 22.7. The molecule has 2 aliphatic heterocycles. The highest BCUT2D eigenvalue weighted by Gasteiger charge is 2.38. The number of nitrogens with two attached hydrogens (primary N) is 2. The fraction of sp³-hybridized carbons (Fsp3) is 0.571. The summed E-state index contributed by atoms with van der Waals surface area (Å²) in [5, 5.41) is 16.4. The minimum Gasteiger partial charge on any atom is -0.490 e. The van der Waals surface area contributed by atoms with Crippen LogP contribution in [0.15, 0.2) is 24.3 Å². The van der Waals surface area contributed by atoms with Gasteiger partial charge < -0.3 is 35.8 Å². The molecule has 1 amide bonds. The van der Waals surface area contributed by atoms with Gasteiger partial charge in [-0.15, -0.1) is 0 Å². The zero-order chi connectivity index (χ0) is 22.5. The number of rotatable bonds is 8. The summed E-state index contributed by atoms with van der Waals surface area (Å²) in [5.41, 5.74) is 11.9. The Bertz CT molecular complexity index is 794. The van der Waals surface area contributed by atoms with Gasteiger partial charge >= 0.3 is 12.1 Å². The zero-order valence-corrected chi connectivity index (χ0v) is 17.7. The van der Waals surface area contributed by atoms with Gasteiger partial charge in [0.25, 0.3) is 0 Å². The van der Waals surface area contributed by atoms with Gasteiger partial charge in [0.2, 0.25) is 0 Å². The molecule has 31 heavy (non-hydrogen) atoms. The number of ether oxygens (including phenoxy) is 2. The third-order valence-electron chi connectivity index (χ3n) is 6.09. The van der Waals surface area contributed by atoms with Crippen molar-refractivity contribution in [3.63, 3.8) is 0 Å². The van der Waals surface area contributed by atoms with Crippen molar-refractivity contribution in [1.29, 1.82) is 5.41 Å². The molecule has 0 aliphatic carbocycles. The molecule has 0 saturated carbocycles. The van der Waals surface area contributed by atoms with Gasteiger partial charge in [-0.05, 0) is 49.8 Å². The van der Waals surface area contributed by atoms with Crippen molar-refractivity contribution >= 4 is 18.0 Å². The molecule has 170 valence electrons. The van der Waals surface area contributed by atoms with Gasteiger partial charge in [-0.2, -0.15) is 0 Å². The number of carbonyl (C=O) groups excluding carboxylic acids is 1. The van der Waals surface area contributed by atoms with Crippen LogP contribution in [0.3, 0.4) is 0 Å². The summed E-state index contributed by atoms with van der Waals surface area (Å²) in [6.07, 6.45) is 1.32. The second-order valence-electron chi connectivity index (χ2n) is 8.21. The van der Waals surface area contributed by atoms with E-state index in [1.54, 1.807) is 29.2 Å². The molecule has 3 unspecified atom stereocenters. The third kappa shape index (κ3) is 5.78. The second-order valence-corrected chi connectivity index (χ2v) is 8.21. The van der Waals surface area contributed by atoms with Crippen LogP contribution < -0.4 is 16.2 Å². The van der Waals surface area contributed by atoms with E-state index in [9.17, 15) is 9.59 Å². The fourth-order valence-electron chi connectivity index (χ4n) is 4.09. The number of hydrogen-bond acceptors (Lipinski definition) is 6. The Hall–Kier alpha value is -3.01. The summed E-state index contributed by atoms with van der Waals surface area (Å²) in [7, 11) is 0. The minimum absolute atomic E-state index is 0.0457. The van der Waals surface area contributed by atoms with E-state index in [-0.39, 0.29) is 37.2 Å². The van der Waals surface area contributed by atoms with Crippen LogP contribution in [0.5, 0.6) is 5.75 Å². The van der Waals surface area contributed by atoms with Gasteiger partial charge in [0.05, 0.1) is 6.54 Å². The average Bonchev–Trinajstić information content (AvgIpc) is 3.13. The van der Waals surface area contributed by atoms with Crippen molar-refractivity contribution in [1.82, 2.24) is 9.80 Å². The Morgan fingerprint density at radius 2 is 1.97 bits per heavy atom. The highest BCUT2D eigenvalue weighted by Crippen LogP contribution is 2.27. The van der Waals surface area contributed by atoms with E-state index >= 15 is 0 Å². The second kappa shape index (κ2) is 9.86. The predicted octanol–water partition coefficient (Wildman–Crippen LogP) is 0.835. The Balaban J connectivity index is 1.46. The monoisotopic (exact) mass is 433 g/mol. The Labute approximate surface area is 181 Å². The summed E-state index contributed by atoms with van der Waals surface area (Å²) in [5.74, 6) is 0.0209. The number of nitrogens with zero attached hydrogens (tertiary/aromatic N) is 2. The van der Waals surface area contributed by atoms with Crippen LogP contribution >= 0.6 is 0 Å². The summed E-state index contributed by atoms with van der Waals surface area (Å²) < 4.78 is 11.2. The van der Waals surface area contributed by atoms with Crippen molar-refractivity contribution in [2.45, 2.75) is 44.4 Å².